The molecule has 6 heteroatoms. The van der Waals surface area contributed by atoms with E-state index in [1.807, 2.05) is 60.4 Å². The first-order chi connectivity index (χ1) is 12.9. The Morgan fingerprint density at radius 1 is 1.15 bits per heavy atom. The van der Waals surface area contributed by atoms with Crippen LogP contribution in [0.5, 0.6) is 0 Å². The van der Waals surface area contributed by atoms with E-state index in [0.717, 1.165) is 11.1 Å². The van der Waals surface area contributed by atoms with Gasteiger partial charge in [-0.05, 0) is 29.2 Å². The van der Waals surface area contributed by atoms with Crippen molar-refractivity contribution in [3.05, 3.63) is 70.7 Å². The van der Waals surface area contributed by atoms with Crippen molar-refractivity contribution in [3.63, 3.8) is 0 Å². The Morgan fingerprint density at radius 3 is 2.48 bits per heavy atom. The lowest BCUT2D eigenvalue weighted by Crippen LogP contribution is -2.38. The lowest BCUT2D eigenvalue weighted by Gasteiger charge is -2.22. The van der Waals surface area contributed by atoms with E-state index in [0.29, 0.717) is 18.1 Å². The molecule has 2 N–H and O–H groups in total. The van der Waals surface area contributed by atoms with E-state index in [4.69, 9.17) is 11.6 Å². The number of likely N-dealkylation sites (tertiary alicyclic amines) is 1. The molecule has 27 heavy (non-hydrogen) atoms. The number of rotatable bonds is 6. The number of carbonyl (C=O) groups is 2. The van der Waals surface area contributed by atoms with Gasteiger partial charge in [-0.25, -0.2) is 0 Å². The Bertz CT molecular complexity index is 812. The number of nitrogens with one attached hydrogen (secondary N) is 1. The van der Waals surface area contributed by atoms with Crippen LogP contribution in [0.4, 0.5) is 0 Å². The minimum Gasteiger partial charge on any atom is -0.481 e. The largest absolute Gasteiger partial charge is 0.481 e. The van der Waals surface area contributed by atoms with E-state index in [2.05, 4.69) is 5.32 Å². The third-order valence-electron chi connectivity index (χ3n) is 4.99. The van der Waals surface area contributed by atoms with Gasteiger partial charge in [0.15, 0.2) is 0 Å². The van der Waals surface area contributed by atoms with E-state index in [9.17, 15) is 14.7 Å². The Kier molecular flexibility index (Phi) is 6.14. The summed E-state index contributed by atoms with van der Waals surface area (Å²) in [6.07, 6.45) is 0. The number of benzene rings is 2. The molecule has 1 amide bonds. The molecule has 0 aliphatic carbocycles. The lowest BCUT2D eigenvalue weighted by atomic mass is 9.98. The fourth-order valence-electron chi connectivity index (χ4n) is 3.62. The highest BCUT2D eigenvalue weighted by Crippen LogP contribution is 2.25. The first-order valence-corrected chi connectivity index (χ1v) is 9.36. The van der Waals surface area contributed by atoms with Gasteiger partial charge in [-0.2, -0.15) is 0 Å². The van der Waals surface area contributed by atoms with Crippen LogP contribution in [0.3, 0.4) is 0 Å². The highest BCUT2D eigenvalue weighted by Gasteiger charge is 2.35. The Labute approximate surface area is 163 Å². The number of amides is 1. The van der Waals surface area contributed by atoms with Crippen molar-refractivity contribution in [2.75, 3.05) is 19.6 Å². The summed E-state index contributed by atoms with van der Waals surface area (Å²) in [5.41, 5.74) is 1.87. The zero-order chi connectivity index (χ0) is 19.4. The molecule has 1 heterocycles. The summed E-state index contributed by atoms with van der Waals surface area (Å²) in [6.45, 7) is 3.10. The van der Waals surface area contributed by atoms with Crippen LogP contribution in [0, 0.1) is 11.8 Å². The van der Waals surface area contributed by atoms with Crippen LogP contribution in [0.2, 0.25) is 5.02 Å². The van der Waals surface area contributed by atoms with E-state index in [1.165, 1.54) is 0 Å². The van der Waals surface area contributed by atoms with Gasteiger partial charge in [0.1, 0.15) is 0 Å². The molecule has 3 atom stereocenters. The second-order valence-corrected chi connectivity index (χ2v) is 7.52. The molecule has 1 unspecified atom stereocenters. The molecule has 1 fully saturated rings. The first-order valence-electron chi connectivity index (χ1n) is 8.99. The summed E-state index contributed by atoms with van der Waals surface area (Å²) in [6, 6.07) is 16.8. The van der Waals surface area contributed by atoms with E-state index >= 15 is 0 Å². The average Bonchev–Trinajstić information content (AvgIpc) is 3.01. The maximum Gasteiger partial charge on any atom is 0.308 e. The third-order valence-corrected chi connectivity index (χ3v) is 5.23. The number of carboxylic acid groups (broad SMARTS) is 1. The van der Waals surface area contributed by atoms with Crippen molar-refractivity contribution in [2.24, 2.45) is 11.8 Å². The van der Waals surface area contributed by atoms with Crippen molar-refractivity contribution in [1.82, 2.24) is 10.2 Å². The zero-order valence-electron chi connectivity index (χ0n) is 15.1. The molecular formula is C21H23ClN2O3. The van der Waals surface area contributed by atoms with Gasteiger partial charge in [0, 0.05) is 18.1 Å². The maximum absolute atomic E-state index is 12.7. The van der Waals surface area contributed by atoms with E-state index < -0.39 is 11.9 Å². The Hall–Kier alpha value is -2.37. The van der Waals surface area contributed by atoms with Crippen molar-refractivity contribution in [2.45, 2.75) is 13.0 Å². The molecule has 1 aliphatic heterocycles. The summed E-state index contributed by atoms with van der Waals surface area (Å²) in [4.78, 5) is 25.9. The number of carboxylic acids is 1. The smallest absolute Gasteiger partial charge is 0.308 e. The quantitative estimate of drug-likeness (QED) is 0.799. The minimum absolute atomic E-state index is 0.0353. The van der Waals surface area contributed by atoms with Gasteiger partial charge in [-0.15, -0.1) is 0 Å². The normalized spacial score (nSPS) is 21.0. The van der Waals surface area contributed by atoms with Gasteiger partial charge in [0.2, 0.25) is 5.91 Å². The standard InChI is InChI=1S/C21H23ClN2O3/c1-14-11-24(12-18(14)21(26)27)13-19(25)23-20(15-6-3-2-4-7-15)16-8-5-9-17(22)10-16/h2-10,14,18,20H,11-13H2,1H3,(H,23,25)(H,26,27)/t14-,18-,20?/m1/s1. The molecule has 3 rings (SSSR count). The predicted octanol–water partition coefficient (Wildman–Crippen LogP) is 3.20. The summed E-state index contributed by atoms with van der Waals surface area (Å²) >= 11 is 6.14. The van der Waals surface area contributed by atoms with Crippen LogP contribution in [-0.4, -0.2) is 41.5 Å². The van der Waals surface area contributed by atoms with Crippen molar-refractivity contribution >= 4 is 23.5 Å². The molecule has 1 aliphatic rings. The van der Waals surface area contributed by atoms with Crippen molar-refractivity contribution in [3.8, 4) is 0 Å². The third kappa shape index (κ3) is 4.87. The molecular weight excluding hydrogens is 364 g/mol. The van der Waals surface area contributed by atoms with E-state index in [1.54, 1.807) is 6.07 Å². The molecule has 0 radical (unpaired) electrons. The SMILES string of the molecule is C[C@@H]1CN(CC(=O)NC(c2ccccc2)c2cccc(Cl)c2)C[C@H]1C(=O)O. The van der Waals surface area contributed by atoms with E-state index in [-0.39, 0.29) is 24.4 Å². The maximum atomic E-state index is 12.7. The molecule has 0 spiro atoms. The van der Waals surface area contributed by atoms with Crippen LogP contribution in [0.15, 0.2) is 54.6 Å². The predicted molar refractivity (Wildman–Crippen MR) is 105 cm³/mol. The average molecular weight is 387 g/mol. The monoisotopic (exact) mass is 386 g/mol. The molecule has 5 nitrogen and oxygen atoms in total. The van der Waals surface area contributed by atoms with Gasteiger partial charge >= 0.3 is 5.97 Å². The summed E-state index contributed by atoms with van der Waals surface area (Å²) in [7, 11) is 0. The zero-order valence-corrected chi connectivity index (χ0v) is 15.9. The number of hydrogen-bond acceptors (Lipinski definition) is 3. The van der Waals surface area contributed by atoms with Crippen LogP contribution in [-0.2, 0) is 9.59 Å². The highest BCUT2D eigenvalue weighted by molar-refractivity contribution is 6.30. The number of nitrogens with zero attached hydrogens (tertiary/aromatic N) is 1. The molecule has 1 saturated heterocycles. The van der Waals surface area contributed by atoms with Gasteiger partial charge in [0.05, 0.1) is 18.5 Å². The van der Waals surface area contributed by atoms with Crippen LogP contribution in [0.1, 0.15) is 24.1 Å². The molecule has 0 aromatic heterocycles. The molecule has 0 saturated carbocycles. The van der Waals surface area contributed by atoms with Crippen molar-refractivity contribution < 1.29 is 14.7 Å². The Balaban J connectivity index is 1.73. The highest BCUT2D eigenvalue weighted by atomic mass is 35.5. The van der Waals surface area contributed by atoms with Crippen LogP contribution in [0.25, 0.3) is 0 Å². The summed E-state index contributed by atoms with van der Waals surface area (Å²) < 4.78 is 0. The lowest BCUT2D eigenvalue weighted by molar-refractivity contribution is -0.142. The molecule has 2 aromatic carbocycles. The van der Waals surface area contributed by atoms with Gasteiger partial charge in [0.25, 0.3) is 0 Å². The second-order valence-electron chi connectivity index (χ2n) is 7.08. The van der Waals surface area contributed by atoms with Crippen molar-refractivity contribution in [1.29, 1.82) is 0 Å². The van der Waals surface area contributed by atoms with Gasteiger partial charge < -0.3 is 10.4 Å². The van der Waals surface area contributed by atoms with Gasteiger partial charge in [-0.3, -0.25) is 14.5 Å². The summed E-state index contributed by atoms with van der Waals surface area (Å²) in [5, 5.41) is 13.0. The number of aliphatic carboxylic acids is 1. The molecule has 142 valence electrons. The fraction of sp³-hybridized carbons (Fsp3) is 0.333. The number of carbonyl (C=O) groups excluding carboxylic acids is 1. The molecule has 0 bridgehead atoms. The summed E-state index contributed by atoms with van der Waals surface area (Å²) in [5.74, 6) is -1.32. The van der Waals surface area contributed by atoms with Crippen LogP contribution >= 0.6 is 11.6 Å². The van der Waals surface area contributed by atoms with Gasteiger partial charge in [-0.1, -0.05) is 61.0 Å². The topological polar surface area (TPSA) is 69.6 Å². The molecule has 2 aromatic rings. The first kappa shape index (κ1) is 19.4. The second kappa shape index (κ2) is 8.55. The fourth-order valence-corrected chi connectivity index (χ4v) is 3.82. The number of halogens is 1. The minimum atomic E-state index is -0.800. The number of hydrogen-bond donors (Lipinski definition) is 2. The van der Waals surface area contributed by atoms with Crippen LogP contribution < -0.4 is 5.32 Å². The Morgan fingerprint density at radius 2 is 1.85 bits per heavy atom.